The van der Waals surface area contributed by atoms with Gasteiger partial charge < -0.3 is 9.55 Å². The fourth-order valence-corrected chi connectivity index (χ4v) is 2.22. The molecule has 18 heavy (non-hydrogen) atoms. The summed E-state index contributed by atoms with van der Waals surface area (Å²) in [5, 5.41) is 1.05. The van der Waals surface area contributed by atoms with E-state index in [9.17, 15) is 4.79 Å². The van der Waals surface area contributed by atoms with Crippen LogP contribution in [-0.4, -0.2) is 9.55 Å². The number of aryl methyl sites for hydroxylation is 2. The summed E-state index contributed by atoms with van der Waals surface area (Å²) in [4.78, 5) is 16.4. The minimum atomic E-state index is -0.280. The Labute approximate surface area is 150 Å². The van der Waals surface area contributed by atoms with Crippen LogP contribution in [0.3, 0.4) is 0 Å². The standard InChI is InChI=1S/C14H17N2O.K/c1-9-6-7-15-13-12(9)10(2)8-11(17)16(13)14(3,4)5;/h6,8H,1-5H3;/q-1;+1. The Hall–Kier alpha value is -0.00364. The van der Waals surface area contributed by atoms with E-state index in [0.29, 0.717) is 0 Å². The molecule has 0 aliphatic rings. The molecule has 4 heteroatoms. The summed E-state index contributed by atoms with van der Waals surface area (Å²) >= 11 is 0. The molecule has 0 saturated carbocycles. The quantitative estimate of drug-likeness (QED) is 0.480. The summed E-state index contributed by atoms with van der Waals surface area (Å²) < 4.78 is 1.73. The van der Waals surface area contributed by atoms with Crippen molar-refractivity contribution >= 4 is 11.0 Å². The van der Waals surface area contributed by atoms with Gasteiger partial charge in [0.25, 0.3) is 0 Å². The van der Waals surface area contributed by atoms with Gasteiger partial charge in [-0.3, -0.25) is 4.79 Å². The first-order chi connectivity index (χ1) is 7.82. The van der Waals surface area contributed by atoms with Crippen LogP contribution in [0, 0.1) is 20.0 Å². The summed E-state index contributed by atoms with van der Waals surface area (Å²) in [6.07, 6.45) is 2.86. The van der Waals surface area contributed by atoms with Crippen molar-refractivity contribution in [2.45, 2.75) is 40.2 Å². The number of hydrogen-bond donors (Lipinski definition) is 0. The van der Waals surface area contributed by atoms with Crippen LogP contribution in [-0.2, 0) is 5.54 Å². The van der Waals surface area contributed by atoms with Crippen molar-refractivity contribution in [2.75, 3.05) is 0 Å². The van der Waals surface area contributed by atoms with Gasteiger partial charge in [-0.15, -0.1) is 5.56 Å². The third-order valence-corrected chi connectivity index (χ3v) is 2.91. The minimum Gasteiger partial charge on any atom is -0.370 e. The predicted molar refractivity (Wildman–Crippen MR) is 69.3 cm³/mol. The van der Waals surface area contributed by atoms with Crippen molar-refractivity contribution < 1.29 is 51.4 Å². The van der Waals surface area contributed by atoms with Crippen LogP contribution in [0.25, 0.3) is 11.0 Å². The first kappa shape index (κ1) is 16.1. The molecule has 2 heterocycles. The molecule has 0 unspecified atom stereocenters. The Morgan fingerprint density at radius 2 is 1.83 bits per heavy atom. The van der Waals surface area contributed by atoms with Gasteiger partial charge in [0.15, 0.2) is 0 Å². The number of hydrogen-bond acceptors (Lipinski definition) is 2. The molecule has 0 saturated heterocycles. The van der Waals surface area contributed by atoms with Gasteiger partial charge in [-0.1, -0.05) is 24.1 Å². The number of pyridine rings is 2. The molecule has 0 radical (unpaired) electrons. The minimum absolute atomic E-state index is 0. The average Bonchev–Trinajstić information content (AvgIpc) is 2.14. The van der Waals surface area contributed by atoms with Crippen molar-refractivity contribution in [3.05, 3.63) is 39.8 Å². The van der Waals surface area contributed by atoms with E-state index in [1.807, 2.05) is 40.7 Å². The number of aromatic nitrogens is 2. The second kappa shape index (κ2) is 5.55. The van der Waals surface area contributed by atoms with E-state index in [2.05, 4.69) is 11.2 Å². The third-order valence-electron chi connectivity index (χ3n) is 2.91. The first-order valence-electron chi connectivity index (χ1n) is 5.73. The SMILES string of the molecule is Cc1c[c-]nc2c1c(C)cc(=O)n2C(C)(C)C.[K+]. The van der Waals surface area contributed by atoms with Gasteiger partial charge in [-0.2, -0.15) is 6.07 Å². The van der Waals surface area contributed by atoms with Crippen LogP contribution in [0.4, 0.5) is 0 Å². The molecule has 0 amide bonds. The fourth-order valence-electron chi connectivity index (χ4n) is 2.22. The zero-order valence-corrected chi connectivity index (χ0v) is 15.1. The van der Waals surface area contributed by atoms with E-state index in [1.54, 1.807) is 10.6 Å². The van der Waals surface area contributed by atoms with E-state index in [0.717, 1.165) is 22.2 Å². The zero-order valence-electron chi connectivity index (χ0n) is 12.0. The van der Waals surface area contributed by atoms with Crippen LogP contribution in [0.1, 0.15) is 31.9 Å². The monoisotopic (exact) mass is 268 g/mol. The van der Waals surface area contributed by atoms with Gasteiger partial charge in [0, 0.05) is 17.3 Å². The first-order valence-corrected chi connectivity index (χ1v) is 5.73. The van der Waals surface area contributed by atoms with Crippen molar-refractivity contribution in [1.29, 1.82) is 0 Å². The number of rotatable bonds is 0. The predicted octanol–water partition coefficient (Wildman–Crippen LogP) is -0.427. The Morgan fingerprint density at radius 3 is 2.39 bits per heavy atom. The molecule has 0 aromatic carbocycles. The second-order valence-corrected chi connectivity index (χ2v) is 5.44. The third kappa shape index (κ3) is 2.78. The molecule has 0 spiro atoms. The van der Waals surface area contributed by atoms with E-state index in [1.165, 1.54) is 0 Å². The largest absolute Gasteiger partial charge is 1.00 e. The van der Waals surface area contributed by atoms with E-state index in [-0.39, 0.29) is 62.5 Å². The normalized spacial score (nSPS) is 11.4. The average molecular weight is 268 g/mol. The molecule has 2 aromatic rings. The van der Waals surface area contributed by atoms with Gasteiger partial charge in [0.2, 0.25) is 5.56 Å². The Kier molecular flexibility index (Phi) is 4.95. The molecular formula is C14H17KN2O. The summed E-state index contributed by atoms with van der Waals surface area (Å²) in [6, 6.07) is 3.54. The van der Waals surface area contributed by atoms with Gasteiger partial charge in [0.05, 0.1) is 0 Å². The van der Waals surface area contributed by atoms with Crippen molar-refractivity contribution in [3.8, 4) is 0 Å². The van der Waals surface area contributed by atoms with Crippen LogP contribution in [0.2, 0.25) is 0 Å². The van der Waals surface area contributed by atoms with E-state index >= 15 is 0 Å². The molecule has 2 rings (SSSR count). The van der Waals surface area contributed by atoms with Gasteiger partial charge >= 0.3 is 51.4 Å². The molecule has 2 aromatic heterocycles. The van der Waals surface area contributed by atoms with Crippen LogP contribution in [0.15, 0.2) is 16.9 Å². The summed E-state index contributed by atoms with van der Waals surface area (Å²) in [7, 11) is 0. The Balaban J connectivity index is 0.00000162. The number of nitrogens with zero attached hydrogens (tertiary/aromatic N) is 2. The van der Waals surface area contributed by atoms with Gasteiger partial charge in [0.1, 0.15) is 0 Å². The molecule has 0 N–H and O–H groups in total. The molecule has 0 fully saturated rings. The molecule has 0 bridgehead atoms. The smallest absolute Gasteiger partial charge is 0.370 e. The molecule has 90 valence electrons. The molecular weight excluding hydrogens is 251 g/mol. The topological polar surface area (TPSA) is 34.9 Å². The summed E-state index contributed by atoms with van der Waals surface area (Å²) in [5.41, 5.74) is 2.52. The maximum Gasteiger partial charge on any atom is 1.00 e. The molecule has 0 aliphatic heterocycles. The van der Waals surface area contributed by atoms with Crippen molar-refractivity contribution in [1.82, 2.24) is 9.55 Å². The number of fused-ring (bicyclic) bond motifs is 1. The second-order valence-electron chi connectivity index (χ2n) is 5.44. The maximum atomic E-state index is 12.1. The molecule has 0 atom stereocenters. The van der Waals surface area contributed by atoms with Crippen LogP contribution >= 0.6 is 0 Å². The molecule has 3 nitrogen and oxygen atoms in total. The maximum absolute atomic E-state index is 12.1. The van der Waals surface area contributed by atoms with Crippen molar-refractivity contribution in [2.24, 2.45) is 0 Å². The summed E-state index contributed by atoms with van der Waals surface area (Å²) in [5.74, 6) is 0. The van der Waals surface area contributed by atoms with Crippen LogP contribution in [0.5, 0.6) is 0 Å². The van der Waals surface area contributed by atoms with E-state index < -0.39 is 0 Å². The Morgan fingerprint density at radius 1 is 1.22 bits per heavy atom. The summed E-state index contributed by atoms with van der Waals surface area (Å²) in [6.45, 7) is 9.99. The Bertz CT molecular complexity index is 639. The fraction of sp³-hybridized carbons (Fsp3) is 0.429. The van der Waals surface area contributed by atoms with Gasteiger partial charge in [-0.05, 0) is 27.7 Å². The zero-order chi connectivity index (χ0) is 12.8. The van der Waals surface area contributed by atoms with Gasteiger partial charge in [-0.25, -0.2) is 0 Å². The van der Waals surface area contributed by atoms with Crippen molar-refractivity contribution in [3.63, 3.8) is 0 Å². The van der Waals surface area contributed by atoms with E-state index in [4.69, 9.17) is 0 Å². The molecule has 0 aliphatic carbocycles. The van der Waals surface area contributed by atoms with Crippen LogP contribution < -0.4 is 56.9 Å².